The van der Waals surface area contributed by atoms with Crippen molar-refractivity contribution in [1.82, 2.24) is 0 Å². The van der Waals surface area contributed by atoms with Crippen molar-refractivity contribution < 1.29 is 16.7 Å². The van der Waals surface area contributed by atoms with Gasteiger partial charge in [0, 0.05) is 18.7 Å². The number of aliphatic hydroxyl groups is 1. The van der Waals surface area contributed by atoms with E-state index in [1.807, 2.05) is 0 Å². The Morgan fingerprint density at radius 2 is 2.57 bits per heavy atom. The van der Waals surface area contributed by atoms with Crippen molar-refractivity contribution in [3.63, 3.8) is 0 Å². The van der Waals surface area contributed by atoms with Gasteiger partial charge < -0.3 is 9.84 Å². The highest BCUT2D eigenvalue weighted by Crippen LogP contribution is 2.03. The maximum Gasteiger partial charge on any atom is 0.0584 e. The highest BCUT2D eigenvalue weighted by molar-refractivity contribution is 4.58. The molecule has 0 aromatic rings. The summed E-state index contributed by atoms with van der Waals surface area (Å²) in [7, 11) is 0. The maximum atomic E-state index is 9.19. The normalized spacial score (nSPS) is 68.4. The Labute approximate surface area is 50.1 Å². The standard InChI is InChI=1S/C5H10O2/c6-5-1-3-7-4-2-5/h5-6H,1-4H2/i1D2,2D2,3D. The Kier molecular flexibility index (Phi) is 0.557. The molecule has 0 spiro atoms. The van der Waals surface area contributed by atoms with Crippen LogP contribution in [0.4, 0.5) is 0 Å². The molecule has 1 saturated heterocycles. The third kappa shape index (κ3) is 1.45. The molecule has 2 nitrogen and oxygen atoms in total. The summed E-state index contributed by atoms with van der Waals surface area (Å²) in [6.07, 6.45) is -6.26. The van der Waals surface area contributed by atoms with Gasteiger partial charge in [0.25, 0.3) is 0 Å². The van der Waals surface area contributed by atoms with Crippen molar-refractivity contribution in [2.45, 2.75) is 18.8 Å². The fourth-order valence-electron chi connectivity index (χ4n) is 0.340. The summed E-state index contributed by atoms with van der Waals surface area (Å²) in [6, 6.07) is 0. The third-order valence-electron chi connectivity index (χ3n) is 0.669. The zero-order chi connectivity index (χ0) is 9.57. The molecule has 42 valence electrons. The van der Waals surface area contributed by atoms with Gasteiger partial charge >= 0.3 is 0 Å². The molecule has 0 saturated carbocycles. The van der Waals surface area contributed by atoms with Crippen LogP contribution in [0.2, 0.25) is 0 Å². The summed E-state index contributed by atoms with van der Waals surface area (Å²) in [4.78, 5) is 0. The van der Waals surface area contributed by atoms with E-state index in [0.29, 0.717) is 0 Å². The van der Waals surface area contributed by atoms with E-state index < -0.39 is 32.0 Å². The minimum Gasteiger partial charge on any atom is -0.393 e. The second-order valence-corrected chi connectivity index (χ2v) is 1.20. The van der Waals surface area contributed by atoms with Crippen molar-refractivity contribution >= 4 is 0 Å². The fourth-order valence-corrected chi connectivity index (χ4v) is 0.340. The molecule has 1 fully saturated rings. The topological polar surface area (TPSA) is 29.5 Å². The molecular weight excluding hydrogens is 92.1 g/mol. The summed E-state index contributed by atoms with van der Waals surface area (Å²) in [5.41, 5.74) is 0. The second-order valence-electron chi connectivity index (χ2n) is 1.20. The minimum atomic E-state index is -2.35. The Bertz CT molecular complexity index is 183. The predicted octanol–water partition coefficient (Wildman–Crippen LogP) is 0.158. The van der Waals surface area contributed by atoms with Gasteiger partial charge in [0.05, 0.1) is 7.47 Å². The van der Waals surface area contributed by atoms with Crippen molar-refractivity contribution in [3.05, 3.63) is 0 Å². The SMILES string of the molecule is [2H]C1OCC([2H])([2H])C(O)C1([2H])[2H]. The molecule has 0 aromatic heterocycles. The van der Waals surface area contributed by atoms with Crippen LogP contribution in [0.25, 0.3) is 0 Å². The molecule has 0 bridgehead atoms. The average molecular weight is 107 g/mol. The van der Waals surface area contributed by atoms with Gasteiger partial charge in [-0.3, -0.25) is 0 Å². The van der Waals surface area contributed by atoms with E-state index in [2.05, 4.69) is 4.74 Å². The Balaban J connectivity index is 2.86. The predicted molar refractivity (Wildman–Crippen MR) is 26.1 cm³/mol. The van der Waals surface area contributed by atoms with Crippen LogP contribution in [-0.2, 0) is 4.74 Å². The van der Waals surface area contributed by atoms with E-state index >= 15 is 0 Å². The molecule has 1 aliphatic heterocycles. The Morgan fingerprint density at radius 1 is 1.71 bits per heavy atom. The summed E-state index contributed by atoms with van der Waals surface area (Å²) in [5, 5.41) is 9.19. The smallest absolute Gasteiger partial charge is 0.0584 e. The largest absolute Gasteiger partial charge is 0.393 e. The summed E-state index contributed by atoms with van der Waals surface area (Å²) in [6.45, 7) is -1.96. The first kappa shape index (κ1) is 1.71. The van der Waals surface area contributed by atoms with Crippen LogP contribution in [0.5, 0.6) is 0 Å². The van der Waals surface area contributed by atoms with Crippen LogP contribution in [0.1, 0.15) is 19.6 Å². The van der Waals surface area contributed by atoms with Crippen LogP contribution < -0.4 is 0 Å². The first-order chi connectivity index (χ1) is 5.28. The zero-order valence-electron chi connectivity index (χ0n) is 8.72. The summed E-state index contributed by atoms with van der Waals surface area (Å²) >= 11 is 0. The highest BCUT2D eigenvalue weighted by Gasteiger charge is 2.07. The molecule has 1 heterocycles. The summed E-state index contributed by atoms with van der Waals surface area (Å²) in [5.74, 6) is 0. The molecule has 1 aliphatic rings. The number of hydrogen-bond acceptors (Lipinski definition) is 2. The van der Waals surface area contributed by atoms with Crippen LogP contribution in [0.3, 0.4) is 0 Å². The molecule has 2 heteroatoms. The molecule has 2 unspecified atom stereocenters. The van der Waals surface area contributed by atoms with Crippen molar-refractivity contribution in [3.8, 4) is 0 Å². The van der Waals surface area contributed by atoms with Crippen LogP contribution in [-0.4, -0.2) is 24.4 Å². The second kappa shape index (κ2) is 2.28. The van der Waals surface area contributed by atoms with E-state index in [1.54, 1.807) is 0 Å². The molecule has 1 N–H and O–H groups in total. The van der Waals surface area contributed by atoms with Crippen molar-refractivity contribution in [2.24, 2.45) is 0 Å². The zero-order valence-corrected chi connectivity index (χ0v) is 3.72. The lowest BCUT2D eigenvalue weighted by Crippen LogP contribution is -2.19. The van der Waals surface area contributed by atoms with Gasteiger partial charge in [-0.05, 0) is 12.7 Å². The van der Waals surface area contributed by atoms with Gasteiger partial charge in [-0.25, -0.2) is 0 Å². The minimum absolute atomic E-state index is 0.443. The number of hydrogen-bond donors (Lipinski definition) is 1. The monoisotopic (exact) mass is 107 g/mol. The van der Waals surface area contributed by atoms with Crippen LogP contribution in [0, 0.1) is 0 Å². The molecule has 2 atom stereocenters. The van der Waals surface area contributed by atoms with Crippen LogP contribution >= 0.6 is 0 Å². The lowest BCUT2D eigenvalue weighted by molar-refractivity contribution is 0.0140. The molecular formula is C5H10O2. The first-order valence-corrected chi connectivity index (χ1v) is 2.00. The van der Waals surface area contributed by atoms with Gasteiger partial charge in [-0.15, -0.1) is 0 Å². The van der Waals surface area contributed by atoms with Gasteiger partial charge in [-0.2, -0.15) is 0 Å². The molecule has 1 rings (SSSR count). The summed E-state index contributed by atoms with van der Waals surface area (Å²) < 4.78 is 40.2. The third-order valence-corrected chi connectivity index (χ3v) is 0.669. The van der Waals surface area contributed by atoms with Gasteiger partial charge in [-0.1, -0.05) is 0 Å². The lowest BCUT2D eigenvalue weighted by atomic mass is 10.2. The number of aliphatic hydroxyl groups excluding tert-OH is 1. The van der Waals surface area contributed by atoms with Gasteiger partial charge in [0.15, 0.2) is 0 Å². The van der Waals surface area contributed by atoms with E-state index in [9.17, 15) is 5.11 Å². The van der Waals surface area contributed by atoms with Gasteiger partial charge in [0.2, 0.25) is 0 Å². The fraction of sp³-hybridized carbons (Fsp3) is 1.00. The molecule has 0 aliphatic carbocycles. The average Bonchev–Trinajstić information content (AvgIpc) is 1.96. The quantitative estimate of drug-likeness (QED) is 0.477. The lowest BCUT2D eigenvalue weighted by Gasteiger charge is -2.15. The van der Waals surface area contributed by atoms with E-state index in [-0.39, 0.29) is 0 Å². The van der Waals surface area contributed by atoms with Crippen molar-refractivity contribution in [1.29, 1.82) is 0 Å². The Morgan fingerprint density at radius 3 is 3.29 bits per heavy atom. The molecule has 0 aromatic carbocycles. The van der Waals surface area contributed by atoms with Crippen molar-refractivity contribution in [2.75, 3.05) is 13.2 Å². The first-order valence-electron chi connectivity index (χ1n) is 4.58. The molecule has 7 heavy (non-hydrogen) atoms. The van der Waals surface area contributed by atoms with E-state index in [4.69, 9.17) is 6.85 Å². The molecule has 0 radical (unpaired) electrons. The maximum absolute atomic E-state index is 9.19. The van der Waals surface area contributed by atoms with E-state index in [0.717, 1.165) is 0 Å². The number of rotatable bonds is 0. The highest BCUT2D eigenvalue weighted by atomic mass is 16.5. The van der Waals surface area contributed by atoms with Crippen LogP contribution in [0.15, 0.2) is 0 Å². The molecule has 0 amide bonds. The van der Waals surface area contributed by atoms with Gasteiger partial charge in [0.1, 0.15) is 0 Å². The Hall–Kier alpha value is -0.0800. The van der Waals surface area contributed by atoms with E-state index in [1.165, 1.54) is 0 Å². The number of ether oxygens (including phenoxy) is 1.